The average Bonchev–Trinajstić information content (AvgIpc) is 2.62. The van der Waals surface area contributed by atoms with Crippen LogP contribution in [0.2, 0.25) is 0 Å². The van der Waals surface area contributed by atoms with Crippen molar-refractivity contribution in [3.63, 3.8) is 0 Å². The zero-order valence-corrected chi connectivity index (χ0v) is 12.0. The Bertz CT molecular complexity index is 571. The second-order valence-corrected chi connectivity index (χ2v) is 5.90. The fourth-order valence-corrected chi connectivity index (χ4v) is 2.39. The zero-order valence-electron chi connectivity index (χ0n) is 12.0. The lowest BCUT2D eigenvalue weighted by Crippen LogP contribution is -2.46. The second-order valence-electron chi connectivity index (χ2n) is 5.90. The van der Waals surface area contributed by atoms with Crippen molar-refractivity contribution in [1.82, 2.24) is 0 Å². The number of hydrogen-bond donors (Lipinski definition) is 1. The van der Waals surface area contributed by atoms with Crippen LogP contribution in [0.4, 0.5) is 5.69 Å². The van der Waals surface area contributed by atoms with Crippen LogP contribution in [0.1, 0.15) is 32.8 Å². The molecule has 2 rings (SSSR count). The molecule has 1 aliphatic rings. The molecule has 1 aromatic carbocycles. The summed E-state index contributed by atoms with van der Waals surface area (Å²) in [7, 11) is 0. The van der Waals surface area contributed by atoms with E-state index in [1.165, 1.54) is 0 Å². The van der Waals surface area contributed by atoms with E-state index in [2.05, 4.69) is 11.9 Å². The Morgan fingerprint density at radius 2 is 2.05 bits per heavy atom. The van der Waals surface area contributed by atoms with Crippen LogP contribution in [0.25, 0.3) is 0 Å². The van der Waals surface area contributed by atoms with Gasteiger partial charge in [-0.1, -0.05) is 24.3 Å². The van der Waals surface area contributed by atoms with E-state index < -0.39 is 17.0 Å². The highest BCUT2D eigenvalue weighted by atomic mass is 16.6. The number of ether oxygens (including phenoxy) is 1. The summed E-state index contributed by atoms with van der Waals surface area (Å²) in [6.45, 7) is 9.02. The Labute approximate surface area is 118 Å². The van der Waals surface area contributed by atoms with Gasteiger partial charge in [0, 0.05) is 11.3 Å². The van der Waals surface area contributed by atoms with Crippen LogP contribution < -0.4 is 5.32 Å². The maximum atomic E-state index is 12.6. The molecular weight excluding hydrogens is 254 g/mol. The highest BCUT2D eigenvalue weighted by molar-refractivity contribution is 6.19. The Hall–Kier alpha value is -2.10. The summed E-state index contributed by atoms with van der Waals surface area (Å²) >= 11 is 0. The number of anilines is 1. The third-order valence-corrected chi connectivity index (χ3v) is 3.22. The van der Waals surface area contributed by atoms with Gasteiger partial charge in [0.05, 0.1) is 0 Å². The molecule has 4 heteroatoms. The lowest BCUT2D eigenvalue weighted by atomic mass is 9.78. The van der Waals surface area contributed by atoms with Crippen LogP contribution in [0, 0.1) is 0 Å². The topological polar surface area (TPSA) is 55.4 Å². The summed E-state index contributed by atoms with van der Waals surface area (Å²) in [6.07, 6.45) is 1.79. The molecule has 0 saturated carbocycles. The lowest BCUT2D eigenvalue weighted by Gasteiger charge is -2.29. The largest absolute Gasteiger partial charge is 0.459 e. The predicted molar refractivity (Wildman–Crippen MR) is 77.4 cm³/mol. The molecular formula is C16H19NO3. The van der Waals surface area contributed by atoms with Crippen molar-refractivity contribution >= 4 is 17.6 Å². The van der Waals surface area contributed by atoms with E-state index in [1.807, 2.05) is 6.07 Å². The van der Waals surface area contributed by atoms with Crippen LogP contribution in [0.3, 0.4) is 0 Å². The maximum Gasteiger partial charge on any atom is 0.327 e. The summed E-state index contributed by atoms with van der Waals surface area (Å²) in [5, 5.41) is 2.75. The number of esters is 1. The van der Waals surface area contributed by atoms with Gasteiger partial charge in [-0.2, -0.15) is 0 Å². The molecule has 0 radical (unpaired) electrons. The van der Waals surface area contributed by atoms with E-state index in [0.29, 0.717) is 11.3 Å². The van der Waals surface area contributed by atoms with Gasteiger partial charge in [0.2, 0.25) is 5.91 Å². The number of carbonyl (C=O) groups is 2. The van der Waals surface area contributed by atoms with Crippen LogP contribution in [-0.2, 0) is 19.7 Å². The molecule has 106 valence electrons. The van der Waals surface area contributed by atoms with E-state index in [-0.39, 0.29) is 12.3 Å². The third-order valence-electron chi connectivity index (χ3n) is 3.22. The number of nitrogens with one attached hydrogen (secondary N) is 1. The Kier molecular flexibility index (Phi) is 3.42. The van der Waals surface area contributed by atoms with Crippen molar-refractivity contribution in [3.8, 4) is 0 Å². The minimum Gasteiger partial charge on any atom is -0.459 e. The van der Waals surface area contributed by atoms with Gasteiger partial charge in [0.1, 0.15) is 5.60 Å². The summed E-state index contributed by atoms with van der Waals surface area (Å²) in [6, 6.07) is 7.18. The number of amides is 1. The van der Waals surface area contributed by atoms with E-state index in [9.17, 15) is 9.59 Å². The highest BCUT2D eigenvalue weighted by Crippen LogP contribution is 2.42. The van der Waals surface area contributed by atoms with Crippen LogP contribution >= 0.6 is 0 Å². The number of hydrogen-bond acceptors (Lipinski definition) is 3. The standard InChI is InChI=1S/C16H19NO3/c1-5-10-16(14(19)20-15(2,3)4)11-8-6-7-9-12(11)17-13(16)18/h5-9H,1,10H2,2-4H3,(H,17,18)/t16-/m0/s1. The predicted octanol–water partition coefficient (Wildman–Crippen LogP) is 2.79. The van der Waals surface area contributed by atoms with Gasteiger partial charge >= 0.3 is 5.97 Å². The Morgan fingerprint density at radius 3 is 2.65 bits per heavy atom. The van der Waals surface area contributed by atoms with Crippen LogP contribution in [-0.4, -0.2) is 17.5 Å². The molecule has 0 aromatic heterocycles. The quantitative estimate of drug-likeness (QED) is 0.523. The van der Waals surface area contributed by atoms with Gasteiger partial charge in [-0.15, -0.1) is 6.58 Å². The summed E-state index contributed by atoms with van der Waals surface area (Å²) in [5.41, 5.74) is -0.668. The number of para-hydroxylation sites is 1. The first-order valence-corrected chi connectivity index (χ1v) is 6.56. The molecule has 1 heterocycles. The van der Waals surface area contributed by atoms with Gasteiger partial charge in [-0.3, -0.25) is 9.59 Å². The van der Waals surface area contributed by atoms with Crippen molar-refractivity contribution in [3.05, 3.63) is 42.5 Å². The fraction of sp³-hybridized carbons (Fsp3) is 0.375. The molecule has 20 heavy (non-hydrogen) atoms. The molecule has 4 nitrogen and oxygen atoms in total. The molecule has 1 atom stereocenters. The SMILES string of the molecule is C=CC[C@@]1(C(=O)OC(C)(C)C)C(=O)Nc2ccccc21. The van der Waals surface area contributed by atoms with Crippen molar-refractivity contribution in [2.45, 2.75) is 38.2 Å². The van der Waals surface area contributed by atoms with Crippen LogP contribution in [0.5, 0.6) is 0 Å². The van der Waals surface area contributed by atoms with E-state index in [4.69, 9.17) is 4.74 Å². The monoisotopic (exact) mass is 273 g/mol. The number of fused-ring (bicyclic) bond motifs is 1. The van der Waals surface area contributed by atoms with Crippen molar-refractivity contribution in [2.75, 3.05) is 5.32 Å². The van der Waals surface area contributed by atoms with Gasteiger partial charge in [0.15, 0.2) is 5.41 Å². The van der Waals surface area contributed by atoms with Crippen molar-refractivity contribution in [1.29, 1.82) is 0 Å². The van der Waals surface area contributed by atoms with Crippen molar-refractivity contribution in [2.24, 2.45) is 0 Å². The first-order chi connectivity index (χ1) is 9.31. The molecule has 0 spiro atoms. The average molecular weight is 273 g/mol. The Balaban J connectivity index is 2.53. The molecule has 0 fully saturated rings. The first kappa shape index (κ1) is 14.3. The molecule has 0 aliphatic carbocycles. The fourth-order valence-electron chi connectivity index (χ4n) is 2.39. The molecule has 0 bridgehead atoms. The zero-order chi connectivity index (χ0) is 15.0. The number of allylic oxidation sites excluding steroid dienone is 1. The number of benzene rings is 1. The van der Waals surface area contributed by atoms with Gasteiger partial charge in [0.25, 0.3) is 0 Å². The number of carbonyl (C=O) groups excluding carboxylic acids is 2. The summed E-state index contributed by atoms with van der Waals surface area (Å²) < 4.78 is 5.46. The van der Waals surface area contributed by atoms with Gasteiger partial charge in [-0.05, 0) is 33.3 Å². The molecule has 1 aromatic rings. The molecule has 1 amide bonds. The minimum absolute atomic E-state index is 0.213. The molecule has 1 aliphatic heterocycles. The first-order valence-electron chi connectivity index (χ1n) is 6.56. The van der Waals surface area contributed by atoms with E-state index >= 15 is 0 Å². The van der Waals surface area contributed by atoms with E-state index in [1.54, 1.807) is 45.0 Å². The van der Waals surface area contributed by atoms with Gasteiger partial charge < -0.3 is 10.1 Å². The molecule has 0 saturated heterocycles. The normalized spacial score (nSPS) is 21.1. The Morgan fingerprint density at radius 1 is 1.40 bits per heavy atom. The smallest absolute Gasteiger partial charge is 0.327 e. The second kappa shape index (κ2) is 4.78. The van der Waals surface area contributed by atoms with E-state index in [0.717, 1.165) is 0 Å². The maximum absolute atomic E-state index is 12.6. The molecule has 1 N–H and O–H groups in total. The minimum atomic E-state index is -1.33. The van der Waals surface area contributed by atoms with Gasteiger partial charge in [-0.25, -0.2) is 0 Å². The molecule has 0 unspecified atom stereocenters. The highest BCUT2D eigenvalue weighted by Gasteiger charge is 2.54. The van der Waals surface area contributed by atoms with Crippen LogP contribution in [0.15, 0.2) is 36.9 Å². The summed E-state index contributed by atoms with van der Waals surface area (Å²) in [5.74, 6) is -0.889. The third kappa shape index (κ3) is 2.22. The van der Waals surface area contributed by atoms with Crippen molar-refractivity contribution < 1.29 is 14.3 Å². The summed E-state index contributed by atoms with van der Waals surface area (Å²) in [4.78, 5) is 25.0. The lowest BCUT2D eigenvalue weighted by molar-refractivity contribution is -0.163. The number of rotatable bonds is 3.